The molecule has 6 rings (SSSR count). The van der Waals surface area contributed by atoms with Gasteiger partial charge in [-0.1, -0.05) is 109 Å². The third kappa shape index (κ3) is 17.5. The molecule has 6 aromatic carbocycles. The smallest absolute Gasteiger partial charge is 0.408 e. The number of amides is 1. The van der Waals surface area contributed by atoms with E-state index in [2.05, 4.69) is 10.1 Å². The highest BCUT2D eigenvalue weighted by molar-refractivity contribution is 6.32. The summed E-state index contributed by atoms with van der Waals surface area (Å²) in [5.74, 6) is -3.62. The second-order valence-electron chi connectivity index (χ2n) is 18.1. The molecule has 6 aromatic rings. The number of phenolic OH excluding ortho intramolecular Hbond substituents is 2. The van der Waals surface area contributed by atoms with Gasteiger partial charge in [-0.15, -0.1) is 24.0 Å². The van der Waals surface area contributed by atoms with Crippen molar-refractivity contribution in [1.29, 1.82) is 0 Å². The Labute approximate surface area is 447 Å². The van der Waals surface area contributed by atoms with Gasteiger partial charge in [0.1, 0.15) is 28.5 Å². The second kappa shape index (κ2) is 28.8. The van der Waals surface area contributed by atoms with Gasteiger partial charge in [0.25, 0.3) is 0 Å². The number of phenols is 2. The molecule has 16 nitrogen and oxygen atoms in total. The van der Waals surface area contributed by atoms with Crippen molar-refractivity contribution in [1.82, 2.24) is 11.5 Å². The lowest BCUT2D eigenvalue weighted by Gasteiger charge is -2.24. The van der Waals surface area contributed by atoms with Crippen LogP contribution in [-0.4, -0.2) is 97.2 Å². The van der Waals surface area contributed by atoms with Crippen molar-refractivity contribution in [3.63, 3.8) is 0 Å². The fourth-order valence-electron chi connectivity index (χ4n) is 8.17. The number of benzene rings is 6. The summed E-state index contributed by atoms with van der Waals surface area (Å²) in [4.78, 5) is 86.0. The van der Waals surface area contributed by atoms with Crippen LogP contribution in [-0.2, 0) is 52.5 Å². The molecule has 0 saturated heterocycles. The summed E-state index contributed by atoms with van der Waals surface area (Å²) in [5, 5.41) is 25.1. The van der Waals surface area contributed by atoms with Crippen LogP contribution in [0.3, 0.4) is 0 Å². The number of hydrogen-bond donors (Lipinski definition) is 4. The number of nitrogens with one attached hydrogen (secondary N) is 1. The Morgan fingerprint density at radius 2 is 0.853 bits per heavy atom. The molecule has 0 aromatic heterocycles. The number of fused-ring (bicyclic) bond motifs is 2. The van der Waals surface area contributed by atoms with E-state index in [1.54, 1.807) is 32.9 Å². The van der Waals surface area contributed by atoms with Gasteiger partial charge in [-0.25, -0.2) is 4.79 Å². The van der Waals surface area contributed by atoms with Crippen molar-refractivity contribution >= 4 is 87.1 Å². The Balaban J connectivity index is 0.000000391. The molecule has 0 spiro atoms. The number of alkyl carbamates (subject to hydrolysis) is 1. The lowest BCUT2D eigenvalue weighted by molar-refractivity contribution is -0.143. The van der Waals surface area contributed by atoms with Gasteiger partial charge < -0.3 is 45.4 Å². The summed E-state index contributed by atoms with van der Waals surface area (Å²) < 4.78 is 24.2. The normalized spacial score (nSPS) is 12.4. The largest absolute Gasteiger partial charge is 0.507 e. The molecule has 0 bridgehead atoms. The van der Waals surface area contributed by atoms with Gasteiger partial charge in [-0.05, 0) is 77.1 Å². The Morgan fingerprint density at radius 3 is 1.24 bits per heavy atom. The average molecular weight is 1070 g/mol. The maximum Gasteiger partial charge on any atom is 0.408 e. The first-order chi connectivity index (χ1) is 34.7. The maximum absolute atomic E-state index is 13.4. The van der Waals surface area contributed by atoms with Crippen LogP contribution in [0.15, 0.2) is 121 Å². The molecule has 0 aliphatic rings. The predicted octanol–water partition coefficient (Wildman–Crippen LogP) is 10.8. The molecule has 0 fully saturated rings. The van der Waals surface area contributed by atoms with Crippen LogP contribution in [0.5, 0.6) is 11.5 Å². The first kappa shape index (κ1) is 61.8. The number of aromatic hydroxyl groups is 2. The highest BCUT2D eigenvalue weighted by atomic mass is 35.5. The first-order valence-corrected chi connectivity index (χ1v) is 23.8. The summed E-state index contributed by atoms with van der Waals surface area (Å²) in [6.07, 6.45) is -1.69. The van der Waals surface area contributed by atoms with Gasteiger partial charge in [-0.2, -0.15) is 0 Å². The first-order valence-electron chi connectivity index (χ1n) is 23.3. The monoisotopic (exact) mass is 1070 g/mol. The van der Waals surface area contributed by atoms with Crippen LogP contribution in [0, 0.1) is 0 Å². The van der Waals surface area contributed by atoms with Crippen LogP contribution in [0.25, 0.3) is 43.8 Å². The molecule has 1 amide bonds. The van der Waals surface area contributed by atoms with E-state index in [4.69, 9.17) is 30.5 Å². The van der Waals surface area contributed by atoms with Gasteiger partial charge >= 0.3 is 30.0 Å². The Hall–Kier alpha value is -7.53. The van der Waals surface area contributed by atoms with E-state index in [1.807, 2.05) is 109 Å². The van der Waals surface area contributed by atoms with Crippen molar-refractivity contribution < 1.29 is 67.5 Å². The zero-order valence-electron chi connectivity index (χ0n) is 42.9. The number of alkyl halides is 1. The molecule has 6 N–H and O–H groups in total. The summed E-state index contributed by atoms with van der Waals surface area (Å²) in [5.41, 5.74) is 4.37. The van der Waals surface area contributed by atoms with Crippen molar-refractivity contribution in [3.05, 3.63) is 132 Å². The molecule has 0 saturated carbocycles. The zero-order chi connectivity index (χ0) is 53.4. The number of methoxy groups -OCH3 is 4. The number of halogens is 2. The Kier molecular flexibility index (Phi) is 23.7. The number of Topliss-reactive ketones (excluding diaryl/α,β-unsaturated/α-hetero) is 2. The summed E-state index contributed by atoms with van der Waals surface area (Å²) in [6.45, 7) is 5.04. The lowest BCUT2D eigenvalue weighted by atomic mass is 9.87. The van der Waals surface area contributed by atoms with Crippen molar-refractivity contribution in [2.24, 2.45) is 0 Å². The number of rotatable bonds is 19. The summed E-state index contributed by atoms with van der Waals surface area (Å²) in [7, 11) is 4.98. The number of ether oxygens (including phenoxy) is 5. The molecular weight excluding hydrogens is 1010 g/mol. The van der Waals surface area contributed by atoms with E-state index in [0.717, 1.165) is 49.4 Å². The highest BCUT2D eigenvalue weighted by Crippen LogP contribution is 2.37. The van der Waals surface area contributed by atoms with E-state index in [1.165, 1.54) is 28.4 Å². The standard InChI is InChI=1S/C31H35NO8.C26H25ClO6.ClH.H3N/c1-31(2,3)40-30(37)32-25(18-29(36)39-5)27(34)16-21(17-28(35)38-4)19-10-12-20(13-11-19)22-14-15-26(33)24-9-7-6-8-23(22)24;1-32-25(30)14-18(13-24(29)22(27)15-26(31)33-2)16-7-9-17(10-8-16)19-11-12-23(28)21-6-4-3-5-20(19)21;;/h6-15,21,25,33H,16-18H2,1-5H3,(H,32,37);3-12,18,22,28H,13-15H2,1-2H3;1H;1H3/t21-,25-;18-,22-;;/m00../s1. The maximum atomic E-state index is 13.4. The Morgan fingerprint density at radius 1 is 0.493 bits per heavy atom. The third-order valence-corrected chi connectivity index (χ3v) is 12.4. The minimum Gasteiger partial charge on any atom is -0.507 e. The van der Waals surface area contributed by atoms with E-state index in [9.17, 15) is 43.8 Å². The molecule has 0 aliphatic carbocycles. The van der Waals surface area contributed by atoms with Crippen LogP contribution >= 0.6 is 24.0 Å². The van der Waals surface area contributed by atoms with Gasteiger partial charge in [0.2, 0.25) is 0 Å². The zero-order valence-corrected chi connectivity index (χ0v) is 44.5. The van der Waals surface area contributed by atoms with E-state index in [-0.39, 0.29) is 74.4 Å². The molecule has 0 unspecified atom stereocenters. The van der Waals surface area contributed by atoms with Gasteiger partial charge in [0, 0.05) is 35.4 Å². The molecule has 75 heavy (non-hydrogen) atoms. The van der Waals surface area contributed by atoms with Crippen LogP contribution in [0.2, 0.25) is 0 Å². The lowest BCUT2D eigenvalue weighted by Crippen LogP contribution is -2.45. The summed E-state index contributed by atoms with van der Waals surface area (Å²) in [6, 6.07) is 35.9. The van der Waals surface area contributed by atoms with Crippen LogP contribution in [0.1, 0.15) is 82.3 Å². The SMILES string of the molecule is COC(=O)C[C@H](CC(=O)[C@@H](Cl)CC(=O)OC)c1ccc(-c2ccc(O)c3ccccc23)cc1.COC(=O)C[C@H](CC(=O)[C@H](CC(=O)OC)NC(=O)OC(C)(C)C)c1ccc(-c2ccc(O)c3ccccc23)cc1.Cl.N. The molecule has 4 atom stereocenters. The van der Waals surface area contributed by atoms with Crippen LogP contribution in [0.4, 0.5) is 4.79 Å². The molecule has 0 radical (unpaired) electrons. The minimum absolute atomic E-state index is 0. The Bertz CT molecular complexity index is 2940. The molecule has 400 valence electrons. The number of carbonyl (C=O) groups excluding carboxylic acids is 7. The number of hydrogen-bond acceptors (Lipinski definition) is 15. The van der Waals surface area contributed by atoms with E-state index < -0.39 is 64.6 Å². The molecule has 18 heteroatoms. The van der Waals surface area contributed by atoms with E-state index >= 15 is 0 Å². The highest BCUT2D eigenvalue weighted by Gasteiger charge is 2.31. The van der Waals surface area contributed by atoms with Crippen molar-refractivity contribution in [2.45, 2.75) is 88.2 Å². The van der Waals surface area contributed by atoms with Gasteiger partial charge in [0.05, 0.1) is 54.1 Å². The number of ketones is 2. The topological polar surface area (TPSA) is 253 Å². The average Bonchev–Trinajstić information content (AvgIpc) is 3.38. The molecule has 0 aliphatic heterocycles. The fraction of sp³-hybridized carbons (Fsp3) is 0.316. The summed E-state index contributed by atoms with van der Waals surface area (Å²) >= 11 is 6.09. The van der Waals surface area contributed by atoms with E-state index in [0.29, 0.717) is 5.56 Å². The molecule has 0 heterocycles. The number of esters is 4. The minimum atomic E-state index is -1.20. The molecular formula is C57H64Cl2N2O14. The van der Waals surface area contributed by atoms with Crippen molar-refractivity contribution in [3.8, 4) is 33.8 Å². The third-order valence-electron chi connectivity index (χ3n) is 12.0. The fourth-order valence-corrected chi connectivity index (χ4v) is 8.38. The van der Waals surface area contributed by atoms with Gasteiger partial charge in [-0.3, -0.25) is 28.8 Å². The number of carbonyl (C=O) groups is 7. The quantitative estimate of drug-likeness (QED) is 0.0334. The predicted molar refractivity (Wildman–Crippen MR) is 288 cm³/mol. The van der Waals surface area contributed by atoms with Crippen LogP contribution < -0.4 is 11.5 Å². The second-order valence-corrected chi connectivity index (χ2v) is 18.6. The van der Waals surface area contributed by atoms with Gasteiger partial charge in [0.15, 0.2) is 11.6 Å². The van der Waals surface area contributed by atoms with Crippen molar-refractivity contribution in [2.75, 3.05) is 28.4 Å².